The van der Waals surface area contributed by atoms with Crippen LogP contribution in [0.3, 0.4) is 0 Å². The molecule has 0 bridgehead atoms. The van der Waals surface area contributed by atoms with Gasteiger partial charge in [0.15, 0.2) is 0 Å². The Kier molecular flexibility index (Phi) is 5.44. The van der Waals surface area contributed by atoms with E-state index in [0.29, 0.717) is 19.3 Å². The largest absolute Gasteiger partial charge is 0.324 e. The van der Waals surface area contributed by atoms with Gasteiger partial charge in [0.2, 0.25) is 0 Å². The first-order valence-electron chi connectivity index (χ1n) is 6.58. The minimum Gasteiger partial charge on any atom is -0.324 e. The molecule has 1 aromatic heterocycles. The van der Waals surface area contributed by atoms with Crippen LogP contribution in [-0.2, 0) is 11.2 Å². The van der Waals surface area contributed by atoms with Gasteiger partial charge in [0.05, 0.1) is 0 Å². The number of hydrogen-bond donors (Lipinski definition) is 1. The van der Waals surface area contributed by atoms with Crippen LogP contribution in [0.4, 0.5) is 0 Å². The number of rotatable bonds is 6. The molecule has 0 radical (unpaired) electrons. The zero-order valence-corrected chi connectivity index (χ0v) is 12.7. The Labute approximate surface area is 127 Å². The molecule has 2 rings (SSSR count). The van der Waals surface area contributed by atoms with E-state index in [-0.39, 0.29) is 11.8 Å². The van der Waals surface area contributed by atoms with Crippen LogP contribution in [0, 0.1) is 0 Å². The molecule has 1 heterocycles. The van der Waals surface area contributed by atoms with Crippen molar-refractivity contribution in [1.29, 1.82) is 0 Å². The highest BCUT2D eigenvalue weighted by molar-refractivity contribution is 9.10. The van der Waals surface area contributed by atoms with Crippen molar-refractivity contribution in [2.24, 2.45) is 5.73 Å². The molecule has 20 heavy (non-hydrogen) atoms. The van der Waals surface area contributed by atoms with E-state index in [1.807, 2.05) is 42.5 Å². The van der Waals surface area contributed by atoms with Crippen molar-refractivity contribution in [2.45, 2.75) is 25.3 Å². The standard InChI is InChI=1S/C16H17BrN2O/c17-13-6-7-14(19-11-13)10-15(20)8-9-16(18)12-4-2-1-3-5-12/h1-7,11,16H,8-10,18H2. The van der Waals surface area contributed by atoms with Gasteiger partial charge in [0.1, 0.15) is 5.78 Å². The number of ketones is 1. The molecule has 1 atom stereocenters. The third-order valence-corrected chi connectivity index (χ3v) is 3.60. The fourth-order valence-electron chi connectivity index (χ4n) is 1.98. The van der Waals surface area contributed by atoms with Gasteiger partial charge in [0, 0.05) is 35.2 Å². The van der Waals surface area contributed by atoms with Crippen molar-refractivity contribution >= 4 is 21.7 Å². The summed E-state index contributed by atoms with van der Waals surface area (Å²) in [6.45, 7) is 0. The van der Waals surface area contributed by atoms with Crippen LogP contribution >= 0.6 is 15.9 Å². The average molecular weight is 333 g/mol. The Morgan fingerprint density at radius 2 is 1.95 bits per heavy atom. The number of aromatic nitrogens is 1. The topological polar surface area (TPSA) is 56.0 Å². The Morgan fingerprint density at radius 3 is 2.60 bits per heavy atom. The van der Waals surface area contributed by atoms with Crippen LogP contribution in [0.5, 0.6) is 0 Å². The molecule has 0 amide bonds. The summed E-state index contributed by atoms with van der Waals surface area (Å²) in [5.74, 6) is 0.172. The number of Topliss-reactive ketones (excluding diaryl/α,β-unsaturated/α-hetero) is 1. The lowest BCUT2D eigenvalue weighted by Gasteiger charge is -2.11. The maximum absolute atomic E-state index is 11.9. The van der Waals surface area contributed by atoms with Gasteiger partial charge < -0.3 is 5.73 Å². The minimum atomic E-state index is -0.0852. The second-order valence-corrected chi connectivity index (χ2v) is 5.65. The normalized spacial score (nSPS) is 12.1. The molecule has 104 valence electrons. The summed E-state index contributed by atoms with van der Waals surface area (Å²) in [4.78, 5) is 16.1. The predicted octanol–water partition coefficient (Wildman–Crippen LogP) is 3.44. The highest BCUT2D eigenvalue weighted by Crippen LogP contribution is 2.16. The Bertz CT molecular complexity index is 554. The van der Waals surface area contributed by atoms with Crippen LogP contribution < -0.4 is 5.73 Å². The third-order valence-electron chi connectivity index (χ3n) is 3.13. The van der Waals surface area contributed by atoms with Crippen LogP contribution in [0.1, 0.15) is 30.1 Å². The summed E-state index contributed by atoms with van der Waals surface area (Å²) in [6, 6.07) is 13.5. The summed E-state index contributed by atoms with van der Waals surface area (Å²) < 4.78 is 0.916. The molecule has 3 nitrogen and oxygen atoms in total. The molecule has 2 N–H and O–H groups in total. The van der Waals surface area contributed by atoms with Crippen molar-refractivity contribution in [3.63, 3.8) is 0 Å². The quantitative estimate of drug-likeness (QED) is 0.881. The molecule has 4 heteroatoms. The predicted molar refractivity (Wildman–Crippen MR) is 83.3 cm³/mol. The minimum absolute atomic E-state index is 0.0852. The lowest BCUT2D eigenvalue weighted by Crippen LogP contribution is -2.13. The molecule has 1 aromatic carbocycles. The van der Waals surface area contributed by atoms with Gasteiger partial charge in [-0.3, -0.25) is 9.78 Å². The SMILES string of the molecule is NC(CCC(=O)Cc1ccc(Br)cn1)c1ccccc1. The number of nitrogens with two attached hydrogens (primary N) is 1. The van der Waals surface area contributed by atoms with E-state index < -0.39 is 0 Å². The maximum atomic E-state index is 11.9. The highest BCUT2D eigenvalue weighted by atomic mass is 79.9. The number of hydrogen-bond acceptors (Lipinski definition) is 3. The van der Waals surface area contributed by atoms with Crippen molar-refractivity contribution in [3.05, 3.63) is 64.4 Å². The van der Waals surface area contributed by atoms with Crippen LogP contribution in [0.2, 0.25) is 0 Å². The smallest absolute Gasteiger partial charge is 0.138 e. The molecule has 0 fully saturated rings. The van der Waals surface area contributed by atoms with Crippen molar-refractivity contribution in [2.75, 3.05) is 0 Å². The fraction of sp³-hybridized carbons (Fsp3) is 0.250. The number of nitrogens with zero attached hydrogens (tertiary/aromatic N) is 1. The molecule has 0 saturated carbocycles. The molecule has 0 aliphatic heterocycles. The van der Waals surface area contributed by atoms with Crippen molar-refractivity contribution < 1.29 is 4.79 Å². The van der Waals surface area contributed by atoms with Crippen molar-refractivity contribution in [1.82, 2.24) is 4.98 Å². The summed E-state index contributed by atoms with van der Waals surface area (Å²) in [6.07, 6.45) is 3.22. The van der Waals surface area contributed by atoms with E-state index in [1.54, 1.807) is 6.20 Å². The van der Waals surface area contributed by atoms with Crippen LogP contribution in [0.25, 0.3) is 0 Å². The molecule has 0 aliphatic carbocycles. The van der Waals surface area contributed by atoms with E-state index in [1.165, 1.54) is 0 Å². The monoisotopic (exact) mass is 332 g/mol. The van der Waals surface area contributed by atoms with Gasteiger partial charge in [-0.15, -0.1) is 0 Å². The molecular formula is C16H17BrN2O. The van der Waals surface area contributed by atoms with E-state index in [0.717, 1.165) is 15.7 Å². The lowest BCUT2D eigenvalue weighted by atomic mass is 10.0. The first-order chi connectivity index (χ1) is 9.65. The summed E-state index contributed by atoms with van der Waals surface area (Å²) in [7, 11) is 0. The maximum Gasteiger partial charge on any atom is 0.138 e. The Hall–Kier alpha value is -1.52. The summed E-state index contributed by atoms with van der Waals surface area (Å²) >= 11 is 3.32. The van der Waals surface area contributed by atoms with E-state index in [9.17, 15) is 4.79 Å². The number of benzene rings is 1. The Morgan fingerprint density at radius 1 is 1.20 bits per heavy atom. The average Bonchev–Trinajstić information content (AvgIpc) is 2.48. The summed E-state index contributed by atoms with van der Waals surface area (Å²) in [5.41, 5.74) is 7.95. The highest BCUT2D eigenvalue weighted by Gasteiger charge is 2.10. The van der Waals surface area contributed by atoms with Gasteiger partial charge in [-0.1, -0.05) is 30.3 Å². The second kappa shape index (κ2) is 7.31. The van der Waals surface area contributed by atoms with Gasteiger partial charge in [-0.2, -0.15) is 0 Å². The molecule has 1 unspecified atom stereocenters. The van der Waals surface area contributed by atoms with Gasteiger partial charge in [-0.25, -0.2) is 0 Å². The van der Waals surface area contributed by atoms with E-state index in [4.69, 9.17) is 5.73 Å². The Balaban J connectivity index is 1.82. The number of halogens is 1. The van der Waals surface area contributed by atoms with Crippen LogP contribution in [-0.4, -0.2) is 10.8 Å². The number of carbonyl (C=O) groups excluding carboxylic acids is 1. The molecule has 0 saturated heterocycles. The molecular weight excluding hydrogens is 316 g/mol. The lowest BCUT2D eigenvalue weighted by molar-refractivity contribution is -0.118. The summed E-state index contributed by atoms with van der Waals surface area (Å²) in [5, 5.41) is 0. The molecule has 0 spiro atoms. The molecule has 0 aliphatic rings. The number of pyridine rings is 1. The van der Waals surface area contributed by atoms with Gasteiger partial charge >= 0.3 is 0 Å². The first-order valence-corrected chi connectivity index (χ1v) is 7.37. The zero-order chi connectivity index (χ0) is 14.4. The van der Waals surface area contributed by atoms with Crippen LogP contribution in [0.15, 0.2) is 53.1 Å². The van der Waals surface area contributed by atoms with Crippen molar-refractivity contribution in [3.8, 4) is 0 Å². The molecule has 2 aromatic rings. The first kappa shape index (κ1) is 14.9. The zero-order valence-electron chi connectivity index (χ0n) is 11.1. The van der Waals surface area contributed by atoms with E-state index >= 15 is 0 Å². The fourth-order valence-corrected chi connectivity index (χ4v) is 2.22. The van der Waals surface area contributed by atoms with E-state index in [2.05, 4.69) is 20.9 Å². The second-order valence-electron chi connectivity index (χ2n) is 4.74. The number of carbonyl (C=O) groups is 1. The van der Waals surface area contributed by atoms with Gasteiger partial charge in [0.25, 0.3) is 0 Å². The van der Waals surface area contributed by atoms with Gasteiger partial charge in [-0.05, 0) is 40.0 Å². The third kappa shape index (κ3) is 4.54.